The van der Waals surface area contributed by atoms with Gasteiger partial charge < -0.3 is 9.31 Å². The van der Waals surface area contributed by atoms with Crippen LogP contribution in [0.25, 0.3) is 0 Å². The first kappa shape index (κ1) is 7.32. The van der Waals surface area contributed by atoms with E-state index < -0.39 is 54.4 Å². The lowest BCUT2D eigenvalue weighted by Crippen LogP contribution is -2.41. The lowest BCUT2D eigenvalue weighted by Gasteiger charge is -2.32. The van der Waals surface area contributed by atoms with Crippen LogP contribution in [-0.4, -0.2) is 18.3 Å². The van der Waals surface area contributed by atoms with Crippen molar-refractivity contribution in [2.45, 2.75) is 45.7 Å². The van der Waals surface area contributed by atoms with E-state index >= 15 is 0 Å². The van der Waals surface area contributed by atoms with Gasteiger partial charge in [-0.15, -0.1) is 0 Å². The standard InChI is InChI=1S/C14H18BNO2/c1-10-6-7-12(8-11(10)9-16)15-17-13(2,3)14(4,5)18-15/h6-8H,1-5H3/i1D3,6D,7D,8D. The van der Waals surface area contributed by atoms with Gasteiger partial charge in [0.1, 0.15) is 0 Å². The summed E-state index contributed by atoms with van der Waals surface area (Å²) in [4.78, 5) is 0. The molecular formula is C14H18BNO2. The van der Waals surface area contributed by atoms with E-state index in [4.69, 9.17) is 17.5 Å². The Kier molecular flexibility index (Phi) is 1.67. The molecule has 94 valence electrons. The molecule has 1 fully saturated rings. The molecule has 18 heavy (non-hydrogen) atoms. The fraction of sp³-hybridized carbons (Fsp3) is 0.500. The molecular weight excluding hydrogens is 225 g/mol. The van der Waals surface area contributed by atoms with Crippen LogP contribution in [0.1, 0.15) is 47.0 Å². The summed E-state index contributed by atoms with van der Waals surface area (Å²) in [6.45, 7) is 4.42. The van der Waals surface area contributed by atoms with Crippen molar-refractivity contribution in [3.05, 3.63) is 29.3 Å². The Labute approximate surface area is 117 Å². The van der Waals surface area contributed by atoms with Gasteiger partial charge in [-0.25, -0.2) is 0 Å². The van der Waals surface area contributed by atoms with E-state index in [2.05, 4.69) is 0 Å². The number of hydrogen-bond acceptors (Lipinski definition) is 3. The Bertz CT molecular complexity index is 722. The van der Waals surface area contributed by atoms with Crippen molar-refractivity contribution >= 4 is 12.6 Å². The van der Waals surface area contributed by atoms with Crippen molar-refractivity contribution in [1.82, 2.24) is 0 Å². The van der Waals surface area contributed by atoms with E-state index in [9.17, 15) is 5.26 Å². The third kappa shape index (κ3) is 2.05. The lowest BCUT2D eigenvalue weighted by atomic mass is 9.78. The van der Waals surface area contributed by atoms with E-state index in [1.54, 1.807) is 33.8 Å². The van der Waals surface area contributed by atoms with Gasteiger partial charge in [0.05, 0.1) is 26.9 Å². The number of rotatable bonds is 1. The second-order valence-electron chi connectivity index (χ2n) is 5.24. The second-order valence-corrected chi connectivity index (χ2v) is 5.24. The molecule has 0 aliphatic carbocycles. The van der Waals surface area contributed by atoms with Crippen molar-refractivity contribution in [2.24, 2.45) is 0 Å². The van der Waals surface area contributed by atoms with Crippen LogP contribution in [0.15, 0.2) is 18.1 Å². The van der Waals surface area contributed by atoms with Crippen molar-refractivity contribution < 1.29 is 17.5 Å². The molecule has 0 saturated carbocycles. The van der Waals surface area contributed by atoms with Crippen molar-refractivity contribution in [2.75, 3.05) is 0 Å². The summed E-state index contributed by atoms with van der Waals surface area (Å²) in [7, 11) is -1.11. The molecule has 4 heteroatoms. The maximum absolute atomic E-state index is 9.30. The molecule has 0 radical (unpaired) electrons. The van der Waals surface area contributed by atoms with Gasteiger partial charge in [-0.05, 0) is 51.6 Å². The number of benzene rings is 1. The molecule has 0 atom stereocenters. The highest BCUT2D eigenvalue weighted by molar-refractivity contribution is 6.62. The predicted molar refractivity (Wildman–Crippen MR) is 71.6 cm³/mol. The largest absolute Gasteiger partial charge is 0.494 e. The van der Waals surface area contributed by atoms with Gasteiger partial charge in [-0.2, -0.15) is 5.26 Å². The van der Waals surface area contributed by atoms with Gasteiger partial charge in [0.15, 0.2) is 0 Å². The molecule has 0 N–H and O–H groups in total. The normalized spacial score (nSPS) is 26.3. The maximum Gasteiger partial charge on any atom is 0.494 e. The highest BCUT2D eigenvalue weighted by Crippen LogP contribution is 2.36. The van der Waals surface area contributed by atoms with Crippen LogP contribution in [0.2, 0.25) is 0 Å². The van der Waals surface area contributed by atoms with Crippen LogP contribution in [0.5, 0.6) is 0 Å². The van der Waals surface area contributed by atoms with Gasteiger partial charge in [0, 0.05) is 4.11 Å². The molecule has 0 bridgehead atoms. The Morgan fingerprint density at radius 1 is 1.28 bits per heavy atom. The molecule has 0 unspecified atom stereocenters. The van der Waals surface area contributed by atoms with Crippen molar-refractivity contribution in [3.63, 3.8) is 0 Å². The molecule has 0 amide bonds. The summed E-state index contributed by atoms with van der Waals surface area (Å²) >= 11 is 0. The topological polar surface area (TPSA) is 42.2 Å². The van der Waals surface area contributed by atoms with Crippen molar-refractivity contribution in [3.8, 4) is 6.07 Å². The third-order valence-corrected chi connectivity index (χ3v) is 3.43. The van der Waals surface area contributed by atoms with Gasteiger partial charge in [0.25, 0.3) is 0 Å². The maximum atomic E-state index is 9.30. The Morgan fingerprint density at radius 3 is 2.39 bits per heavy atom. The minimum Gasteiger partial charge on any atom is -0.399 e. The summed E-state index contributed by atoms with van der Waals surface area (Å²) in [5.41, 5.74) is -2.58. The number of hydrogen-bond donors (Lipinski definition) is 0. The van der Waals surface area contributed by atoms with Gasteiger partial charge in [0.2, 0.25) is 0 Å². The Balaban J connectivity index is 2.72. The Morgan fingerprint density at radius 2 is 1.89 bits per heavy atom. The quantitative estimate of drug-likeness (QED) is 0.716. The molecule has 0 spiro atoms. The minimum atomic E-state index is -2.76. The first-order valence-electron chi connectivity index (χ1n) is 8.64. The van der Waals surface area contributed by atoms with E-state index in [1.807, 2.05) is 0 Å². The Hall–Kier alpha value is -1.31. The summed E-state index contributed by atoms with van der Waals surface area (Å²) in [5, 5.41) is 9.30. The van der Waals surface area contributed by atoms with E-state index in [1.165, 1.54) is 0 Å². The minimum absolute atomic E-state index is 0.0943. The molecule has 1 saturated heterocycles. The zero-order chi connectivity index (χ0) is 18.7. The van der Waals surface area contributed by atoms with Gasteiger partial charge in [-0.1, -0.05) is 12.1 Å². The molecule has 1 aromatic carbocycles. The van der Waals surface area contributed by atoms with Crippen LogP contribution in [-0.2, 0) is 9.31 Å². The summed E-state index contributed by atoms with van der Waals surface area (Å²) in [5.74, 6) is 0. The summed E-state index contributed by atoms with van der Waals surface area (Å²) in [6, 6.07) is 0.167. The van der Waals surface area contributed by atoms with Crippen LogP contribution in [0.4, 0.5) is 0 Å². The molecule has 1 aliphatic heterocycles. The van der Waals surface area contributed by atoms with Gasteiger partial charge >= 0.3 is 7.12 Å². The van der Waals surface area contributed by atoms with Gasteiger partial charge in [-0.3, -0.25) is 0 Å². The first-order valence-corrected chi connectivity index (χ1v) is 5.64. The van der Waals surface area contributed by atoms with E-state index in [-0.39, 0.29) is 5.46 Å². The lowest BCUT2D eigenvalue weighted by molar-refractivity contribution is 0.00578. The van der Waals surface area contributed by atoms with Crippen LogP contribution >= 0.6 is 0 Å². The summed E-state index contributed by atoms with van der Waals surface area (Å²) < 4.78 is 58.4. The average Bonchev–Trinajstić information content (AvgIpc) is 2.60. The zero-order valence-electron chi connectivity index (χ0n) is 16.8. The molecule has 1 aliphatic rings. The van der Waals surface area contributed by atoms with Crippen LogP contribution in [0, 0.1) is 18.2 Å². The first-order chi connectivity index (χ1) is 10.7. The molecule has 2 rings (SSSR count). The smallest absolute Gasteiger partial charge is 0.399 e. The zero-order valence-corrected chi connectivity index (χ0v) is 10.8. The number of nitriles is 1. The predicted octanol–water partition coefficient (Wildman–Crippen LogP) is 2.17. The summed E-state index contributed by atoms with van der Waals surface area (Å²) in [6.07, 6.45) is 0. The molecule has 3 nitrogen and oxygen atoms in total. The molecule has 1 aromatic rings. The van der Waals surface area contributed by atoms with Crippen molar-refractivity contribution in [1.29, 1.82) is 5.26 Å². The number of nitrogens with zero attached hydrogens (tertiary/aromatic N) is 1. The molecule has 1 heterocycles. The average molecular weight is 249 g/mol. The SMILES string of the molecule is [2H]c1c([2H])c(C([2H])([2H])[2H])c(C#N)c([2H])c1B1OC(C)(C)C(C)(C)O1. The second kappa shape index (κ2) is 4.12. The fourth-order valence-corrected chi connectivity index (χ4v) is 1.58. The van der Waals surface area contributed by atoms with E-state index in [0.717, 1.165) is 0 Å². The van der Waals surface area contributed by atoms with Crippen LogP contribution < -0.4 is 5.46 Å². The highest BCUT2D eigenvalue weighted by Gasteiger charge is 2.51. The van der Waals surface area contributed by atoms with E-state index in [0.29, 0.717) is 0 Å². The van der Waals surface area contributed by atoms with Crippen LogP contribution in [0.3, 0.4) is 0 Å². The third-order valence-electron chi connectivity index (χ3n) is 3.43. The fourth-order valence-electron chi connectivity index (χ4n) is 1.58. The highest BCUT2D eigenvalue weighted by atomic mass is 16.7. The molecule has 0 aromatic heterocycles. The monoisotopic (exact) mass is 249 g/mol.